The molecule has 1 aromatic carbocycles. The molecule has 1 aromatic heterocycles. The van der Waals surface area contributed by atoms with Gasteiger partial charge in [0, 0.05) is 0 Å². The van der Waals surface area contributed by atoms with Gasteiger partial charge in [-0.15, -0.1) is 0 Å². The molecule has 122 valence electrons. The van der Waals surface area contributed by atoms with E-state index in [2.05, 4.69) is 9.97 Å². The minimum atomic E-state index is -1.33. The van der Waals surface area contributed by atoms with E-state index in [1.165, 1.54) is 12.1 Å². The number of carboxylic acids is 1. The zero-order chi connectivity index (χ0) is 17.9. The lowest BCUT2D eigenvalue weighted by Crippen LogP contribution is -2.05. The first-order valence-electron chi connectivity index (χ1n) is 6.18. The van der Waals surface area contributed by atoms with E-state index >= 15 is 0 Å². The second-order valence-electron chi connectivity index (χ2n) is 4.23. The number of nitrogens with zero attached hydrogens (tertiary/aromatic N) is 4. The standard InChI is InChI=1S/C13H9N5O5S/c1-24-13-16-10(15)9(18(21)22)11(17-13)23-7-3-2-6(5-14)8(4-7)12(19)20/h2-4H,1H3,(H,19,20)(H2,15,16,17). The van der Waals surface area contributed by atoms with E-state index in [1.807, 2.05) is 0 Å². The Hall–Kier alpha value is -3.39. The minimum absolute atomic E-state index is 0.0420. The Morgan fingerprint density at radius 3 is 2.75 bits per heavy atom. The van der Waals surface area contributed by atoms with Gasteiger partial charge in [0.25, 0.3) is 0 Å². The predicted octanol–water partition coefficient (Wildman–Crippen LogP) is 2.05. The highest BCUT2D eigenvalue weighted by Gasteiger charge is 2.25. The fourth-order valence-electron chi connectivity index (χ4n) is 1.74. The number of aromatic carboxylic acids is 1. The van der Waals surface area contributed by atoms with E-state index in [0.29, 0.717) is 0 Å². The molecule has 3 N–H and O–H groups in total. The van der Waals surface area contributed by atoms with Gasteiger partial charge in [0.15, 0.2) is 5.16 Å². The normalized spacial score (nSPS) is 10.0. The SMILES string of the molecule is CSc1nc(N)c([N+](=O)[O-])c(Oc2ccc(C#N)c(C(=O)O)c2)n1. The van der Waals surface area contributed by atoms with Gasteiger partial charge in [0.05, 0.1) is 16.1 Å². The molecule has 0 bridgehead atoms. The van der Waals surface area contributed by atoms with Gasteiger partial charge in [-0.25, -0.2) is 4.79 Å². The maximum absolute atomic E-state index is 11.2. The van der Waals surface area contributed by atoms with Crippen LogP contribution in [0.4, 0.5) is 11.5 Å². The van der Waals surface area contributed by atoms with Crippen LogP contribution in [0.3, 0.4) is 0 Å². The topological polar surface area (TPSA) is 165 Å². The summed E-state index contributed by atoms with van der Waals surface area (Å²) in [7, 11) is 0. The van der Waals surface area contributed by atoms with Gasteiger partial charge in [-0.2, -0.15) is 15.2 Å². The Balaban J connectivity index is 2.54. The van der Waals surface area contributed by atoms with Crippen molar-refractivity contribution in [2.75, 3.05) is 12.0 Å². The second-order valence-corrected chi connectivity index (χ2v) is 5.01. The van der Waals surface area contributed by atoms with Gasteiger partial charge in [-0.05, 0) is 24.5 Å². The summed E-state index contributed by atoms with van der Waals surface area (Å²) in [6.45, 7) is 0. The lowest BCUT2D eigenvalue weighted by atomic mass is 10.1. The second kappa shape index (κ2) is 6.80. The van der Waals surface area contributed by atoms with Crippen LogP contribution < -0.4 is 10.5 Å². The maximum atomic E-state index is 11.2. The predicted molar refractivity (Wildman–Crippen MR) is 83.1 cm³/mol. The zero-order valence-electron chi connectivity index (χ0n) is 12.1. The lowest BCUT2D eigenvalue weighted by molar-refractivity contribution is -0.385. The van der Waals surface area contributed by atoms with Crippen molar-refractivity contribution in [2.45, 2.75) is 5.16 Å². The number of anilines is 1. The first-order valence-corrected chi connectivity index (χ1v) is 7.41. The van der Waals surface area contributed by atoms with Crippen molar-refractivity contribution in [3.05, 3.63) is 39.4 Å². The van der Waals surface area contributed by atoms with Crippen LogP contribution in [0.1, 0.15) is 15.9 Å². The summed E-state index contributed by atoms with van der Waals surface area (Å²) in [5.74, 6) is -2.17. The molecule has 0 aliphatic heterocycles. The van der Waals surface area contributed by atoms with Crippen molar-refractivity contribution < 1.29 is 19.6 Å². The molecule has 0 aliphatic carbocycles. The number of rotatable bonds is 5. The van der Waals surface area contributed by atoms with Gasteiger partial charge in [-0.1, -0.05) is 11.8 Å². The van der Waals surface area contributed by atoms with Crippen LogP contribution in [-0.2, 0) is 0 Å². The fraction of sp³-hybridized carbons (Fsp3) is 0.0769. The number of nitriles is 1. The summed E-state index contributed by atoms with van der Waals surface area (Å²) >= 11 is 1.10. The van der Waals surface area contributed by atoms with Crippen molar-refractivity contribution in [3.63, 3.8) is 0 Å². The van der Waals surface area contributed by atoms with Crippen LogP contribution in [0.2, 0.25) is 0 Å². The van der Waals surface area contributed by atoms with E-state index in [4.69, 9.17) is 20.8 Å². The number of benzene rings is 1. The van der Waals surface area contributed by atoms with Gasteiger partial charge < -0.3 is 15.6 Å². The van der Waals surface area contributed by atoms with E-state index < -0.39 is 22.5 Å². The molecule has 0 saturated heterocycles. The van der Waals surface area contributed by atoms with E-state index in [-0.39, 0.29) is 27.9 Å². The Kier molecular flexibility index (Phi) is 4.81. The molecule has 24 heavy (non-hydrogen) atoms. The molecule has 11 heteroatoms. The number of thioether (sulfide) groups is 1. The average Bonchev–Trinajstić information content (AvgIpc) is 2.53. The van der Waals surface area contributed by atoms with Crippen LogP contribution in [0.5, 0.6) is 11.6 Å². The summed E-state index contributed by atoms with van der Waals surface area (Å²) in [5, 5.41) is 29.3. The number of hydrogen-bond acceptors (Lipinski definition) is 9. The quantitative estimate of drug-likeness (QED) is 0.353. The fourth-order valence-corrected chi connectivity index (χ4v) is 2.10. The van der Waals surface area contributed by atoms with E-state index in [1.54, 1.807) is 12.3 Å². The van der Waals surface area contributed by atoms with Gasteiger partial charge in [0.1, 0.15) is 11.8 Å². The number of nitrogen functional groups attached to an aromatic ring is 1. The van der Waals surface area contributed by atoms with Crippen molar-refractivity contribution >= 4 is 29.2 Å². The van der Waals surface area contributed by atoms with Gasteiger partial charge in [-0.3, -0.25) is 10.1 Å². The monoisotopic (exact) mass is 347 g/mol. The zero-order valence-corrected chi connectivity index (χ0v) is 12.9. The molecule has 2 aromatic rings. The van der Waals surface area contributed by atoms with Crippen molar-refractivity contribution in [3.8, 4) is 17.7 Å². The third-order valence-corrected chi connectivity index (χ3v) is 3.33. The highest BCUT2D eigenvalue weighted by molar-refractivity contribution is 7.98. The molecule has 1 heterocycles. The molecule has 0 saturated carbocycles. The smallest absolute Gasteiger partial charge is 0.373 e. The van der Waals surface area contributed by atoms with Crippen LogP contribution >= 0.6 is 11.8 Å². The summed E-state index contributed by atoms with van der Waals surface area (Å²) < 4.78 is 5.33. The number of carboxylic acid groups (broad SMARTS) is 1. The molecule has 2 rings (SSSR count). The van der Waals surface area contributed by atoms with Gasteiger partial charge >= 0.3 is 17.5 Å². The van der Waals surface area contributed by atoms with Crippen LogP contribution in [0, 0.1) is 21.4 Å². The number of nitrogens with two attached hydrogens (primary N) is 1. The number of hydrogen-bond donors (Lipinski definition) is 2. The Morgan fingerprint density at radius 2 is 2.21 bits per heavy atom. The van der Waals surface area contributed by atoms with Crippen LogP contribution in [-0.4, -0.2) is 32.2 Å². The minimum Gasteiger partial charge on any atom is -0.478 e. The largest absolute Gasteiger partial charge is 0.478 e. The molecule has 0 spiro atoms. The third kappa shape index (κ3) is 3.33. The van der Waals surface area contributed by atoms with Crippen LogP contribution in [0.25, 0.3) is 0 Å². The number of carbonyl (C=O) groups is 1. The molecule has 0 unspecified atom stereocenters. The Morgan fingerprint density at radius 1 is 1.50 bits per heavy atom. The molecule has 0 amide bonds. The van der Waals surface area contributed by atoms with E-state index in [9.17, 15) is 14.9 Å². The summed E-state index contributed by atoms with van der Waals surface area (Å²) in [4.78, 5) is 29.1. The Bertz CT molecular complexity index is 880. The summed E-state index contributed by atoms with van der Waals surface area (Å²) in [5.41, 5.74) is 4.55. The molecule has 0 radical (unpaired) electrons. The summed E-state index contributed by atoms with van der Waals surface area (Å²) in [6.07, 6.45) is 1.65. The number of nitro groups is 1. The Labute approximate surface area is 139 Å². The molecular formula is C13H9N5O5S. The molecule has 0 aliphatic rings. The average molecular weight is 347 g/mol. The van der Waals surface area contributed by atoms with Crippen molar-refractivity contribution in [1.82, 2.24) is 9.97 Å². The highest BCUT2D eigenvalue weighted by Crippen LogP contribution is 2.35. The molecule has 10 nitrogen and oxygen atoms in total. The van der Waals surface area contributed by atoms with Crippen molar-refractivity contribution in [2.24, 2.45) is 0 Å². The van der Waals surface area contributed by atoms with Crippen molar-refractivity contribution in [1.29, 1.82) is 5.26 Å². The number of aromatic nitrogens is 2. The molecular weight excluding hydrogens is 338 g/mol. The van der Waals surface area contributed by atoms with E-state index in [0.717, 1.165) is 17.8 Å². The first kappa shape index (κ1) is 17.0. The number of ether oxygens (including phenoxy) is 1. The summed E-state index contributed by atoms with van der Waals surface area (Å²) in [6, 6.07) is 5.33. The molecule has 0 fully saturated rings. The maximum Gasteiger partial charge on any atom is 0.373 e. The first-order chi connectivity index (χ1) is 11.4. The van der Waals surface area contributed by atoms with Crippen LogP contribution in [0.15, 0.2) is 23.4 Å². The lowest BCUT2D eigenvalue weighted by Gasteiger charge is -2.08. The third-order valence-electron chi connectivity index (χ3n) is 2.78. The van der Waals surface area contributed by atoms with Gasteiger partial charge in [0.2, 0.25) is 5.82 Å². The molecule has 0 atom stereocenters. The highest BCUT2D eigenvalue weighted by atomic mass is 32.2.